The first-order valence-electron chi connectivity index (χ1n) is 4.87. The van der Waals surface area contributed by atoms with Crippen LogP contribution in [0.4, 0.5) is 0 Å². The Morgan fingerprint density at radius 1 is 1.44 bits per heavy atom. The summed E-state index contributed by atoms with van der Waals surface area (Å²) in [6.07, 6.45) is 2.31. The van der Waals surface area contributed by atoms with Crippen LogP contribution in [0.3, 0.4) is 0 Å². The molecule has 1 aromatic carbocycles. The Morgan fingerprint density at radius 3 is 2.94 bits per heavy atom. The van der Waals surface area contributed by atoms with E-state index in [0.717, 1.165) is 23.8 Å². The number of allylic oxidation sites excluding steroid dienone is 1. The molecule has 4 nitrogen and oxygen atoms in total. The molecule has 0 aromatic heterocycles. The number of aliphatic carboxylic acids is 1. The Balaban J connectivity index is 2.43. The summed E-state index contributed by atoms with van der Waals surface area (Å²) in [6, 6.07) is 5.14. The van der Waals surface area contributed by atoms with Crippen LogP contribution in [0.1, 0.15) is 11.1 Å². The van der Waals surface area contributed by atoms with Crippen molar-refractivity contribution in [2.24, 2.45) is 0 Å². The Kier molecular flexibility index (Phi) is 2.72. The number of carboxylic acid groups (broad SMARTS) is 1. The van der Waals surface area contributed by atoms with Gasteiger partial charge in [0, 0.05) is 6.42 Å². The summed E-state index contributed by atoms with van der Waals surface area (Å²) in [6.45, 7) is 0.624. The van der Waals surface area contributed by atoms with Gasteiger partial charge in [0.05, 0.1) is 12.2 Å². The Bertz CT molecular complexity index is 474. The SMILES string of the molecule is O=C/C=C(/C(=O)O)c1ccc2c(c1)CCO2. The molecule has 2 rings (SSSR count). The van der Waals surface area contributed by atoms with E-state index in [-0.39, 0.29) is 5.57 Å². The van der Waals surface area contributed by atoms with Crippen molar-refractivity contribution in [1.29, 1.82) is 0 Å². The van der Waals surface area contributed by atoms with Crippen molar-refractivity contribution in [1.82, 2.24) is 0 Å². The van der Waals surface area contributed by atoms with Gasteiger partial charge in [-0.1, -0.05) is 6.07 Å². The monoisotopic (exact) mass is 218 g/mol. The fourth-order valence-electron chi connectivity index (χ4n) is 1.71. The molecule has 1 heterocycles. The molecule has 0 bridgehead atoms. The predicted molar refractivity (Wildman–Crippen MR) is 57.3 cm³/mol. The number of aldehydes is 1. The van der Waals surface area contributed by atoms with E-state index in [1.54, 1.807) is 18.2 Å². The second kappa shape index (κ2) is 4.18. The number of carboxylic acids is 1. The number of carbonyl (C=O) groups is 2. The minimum Gasteiger partial charge on any atom is -0.493 e. The second-order valence-corrected chi connectivity index (χ2v) is 3.44. The van der Waals surface area contributed by atoms with Crippen LogP contribution in [0.15, 0.2) is 24.3 Å². The first kappa shape index (κ1) is 10.4. The van der Waals surface area contributed by atoms with Gasteiger partial charge in [-0.2, -0.15) is 0 Å². The molecule has 0 atom stereocenters. The van der Waals surface area contributed by atoms with Crippen LogP contribution in [0.2, 0.25) is 0 Å². The van der Waals surface area contributed by atoms with Crippen LogP contribution >= 0.6 is 0 Å². The fraction of sp³-hybridized carbons (Fsp3) is 0.167. The van der Waals surface area contributed by atoms with Crippen LogP contribution in [0.25, 0.3) is 5.57 Å². The molecule has 0 fully saturated rings. The Morgan fingerprint density at radius 2 is 2.25 bits per heavy atom. The summed E-state index contributed by atoms with van der Waals surface area (Å²) in [5.41, 5.74) is 1.52. The highest BCUT2D eigenvalue weighted by atomic mass is 16.5. The summed E-state index contributed by atoms with van der Waals surface area (Å²) >= 11 is 0. The van der Waals surface area contributed by atoms with Crippen molar-refractivity contribution in [2.75, 3.05) is 6.61 Å². The average Bonchev–Trinajstić information content (AvgIpc) is 2.72. The van der Waals surface area contributed by atoms with E-state index in [2.05, 4.69) is 0 Å². The molecule has 0 radical (unpaired) electrons. The molecule has 1 aromatic rings. The minimum atomic E-state index is -1.11. The van der Waals surface area contributed by atoms with Crippen molar-refractivity contribution in [3.63, 3.8) is 0 Å². The zero-order valence-electron chi connectivity index (χ0n) is 8.47. The minimum absolute atomic E-state index is 0.00435. The van der Waals surface area contributed by atoms with E-state index in [0.29, 0.717) is 18.5 Å². The normalized spacial score (nSPS) is 14.1. The van der Waals surface area contributed by atoms with E-state index in [4.69, 9.17) is 9.84 Å². The molecule has 4 heteroatoms. The van der Waals surface area contributed by atoms with Gasteiger partial charge < -0.3 is 9.84 Å². The first-order valence-corrected chi connectivity index (χ1v) is 4.87. The zero-order valence-corrected chi connectivity index (χ0v) is 8.47. The van der Waals surface area contributed by atoms with Crippen LogP contribution in [0, 0.1) is 0 Å². The van der Waals surface area contributed by atoms with Gasteiger partial charge in [-0.05, 0) is 29.3 Å². The maximum atomic E-state index is 10.9. The molecule has 82 valence electrons. The van der Waals surface area contributed by atoms with E-state index < -0.39 is 5.97 Å². The lowest BCUT2D eigenvalue weighted by molar-refractivity contribution is -0.130. The van der Waals surface area contributed by atoms with Crippen molar-refractivity contribution in [2.45, 2.75) is 6.42 Å². The molecule has 16 heavy (non-hydrogen) atoms. The second-order valence-electron chi connectivity index (χ2n) is 3.44. The number of benzene rings is 1. The van der Waals surface area contributed by atoms with Crippen molar-refractivity contribution in [3.05, 3.63) is 35.4 Å². The molecule has 0 aliphatic carbocycles. The fourth-order valence-corrected chi connectivity index (χ4v) is 1.71. The van der Waals surface area contributed by atoms with Gasteiger partial charge in [-0.25, -0.2) is 4.79 Å². The van der Waals surface area contributed by atoms with Crippen LogP contribution in [-0.4, -0.2) is 24.0 Å². The van der Waals surface area contributed by atoms with Gasteiger partial charge in [0.2, 0.25) is 0 Å². The molecule has 1 aliphatic heterocycles. The van der Waals surface area contributed by atoms with Crippen LogP contribution in [0.5, 0.6) is 5.75 Å². The summed E-state index contributed by atoms with van der Waals surface area (Å²) in [4.78, 5) is 21.3. The van der Waals surface area contributed by atoms with Gasteiger partial charge in [0.1, 0.15) is 12.0 Å². The molecule has 1 N–H and O–H groups in total. The third-order valence-corrected chi connectivity index (χ3v) is 2.47. The Labute approximate surface area is 92.2 Å². The van der Waals surface area contributed by atoms with Gasteiger partial charge in [0.15, 0.2) is 0 Å². The summed E-state index contributed by atoms with van der Waals surface area (Å²) < 4.78 is 5.32. The molecule has 0 unspecified atom stereocenters. The molecular formula is C12H10O4. The largest absolute Gasteiger partial charge is 0.493 e. The van der Waals surface area contributed by atoms with Gasteiger partial charge >= 0.3 is 5.97 Å². The van der Waals surface area contributed by atoms with Crippen LogP contribution in [-0.2, 0) is 16.0 Å². The Hall–Kier alpha value is -2.10. The van der Waals surface area contributed by atoms with Crippen LogP contribution < -0.4 is 4.74 Å². The van der Waals surface area contributed by atoms with E-state index in [1.807, 2.05) is 0 Å². The van der Waals surface area contributed by atoms with E-state index >= 15 is 0 Å². The van der Waals surface area contributed by atoms with E-state index in [9.17, 15) is 9.59 Å². The van der Waals surface area contributed by atoms with Gasteiger partial charge in [-0.3, -0.25) is 4.79 Å². The number of fused-ring (bicyclic) bond motifs is 1. The first-order chi connectivity index (χ1) is 7.72. The number of ether oxygens (including phenoxy) is 1. The third-order valence-electron chi connectivity index (χ3n) is 2.47. The standard InChI is InChI=1S/C12H10O4/c13-5-3-10(12(14)15)8-1-2-11-9(7-8)4-6-16-11/h1-3,5,7H,4,6H2,(H,14,15)/b10-3+. The topological polar surface area (TPSA) is 63.6 Å². The molecule has 1 aliphatic rings. The van der Waals surface area contributed by atoms with E-state index in [1.165, 1.54) is 0 Å². The molecule has 0 amide bonds. The summed E-state index contributed by atoms with van der Waals surface area (Å²) in [5.74, 6) is -0.314. The molecular weight excluding hydrogens is 208 g/mol. The quantitative estimate of drug-likeness (QED) is 0.613. The zero-order chi connectivity index (χ0) is 11.5. The number of carbonyl (C=O) groups excluding carboxylic acids is 1. The lowest BCUT2D eigenvalue weighted by Gasteiger charge is -2.04. The van der Waals surface area contributed by atoms with Gasteiger partial charge in [0.25, 0.3) is 0 Å². The highest BCUT2D eigenvalue weighted by Gasteiger charge is 2.16. The maximum absolute atomic E-state index is 10.9. The van der Waals surface area contributed by atoms with Crippen molar-refractivity contribution < 1.29 is 19.4 Å². The maximum Gasteiger partial charge on any atom is 0.336 e. The lowest BCUT2D eigenvalue weighted by Crippen LogP contribution is -2.00. The molecule has 0 saturated carbocycles. The predicted octanol–water partition coefficient (Wildman–Crippen LogP) is 1.29. The van der Waals surface area contributed by atoms with Crippen molar-refractivity contribution in [3.8, 4) is 5.75 Å². The highest BCUT2D eigenvalue weighted by molar-refractivity contribution is 6.18. The smallest absolute Gasteiger partial charge is 0.336 e. The number of hydrogen-bond donors (Lipinski definition) is 1. The summed E-state index contributed by atoms with van der Waals surface area (Å²) in [5, 5.41) is 8.95. The number of rotatable bonds is 3. The summed E-state index contributed by atoms with van der Waals surface area (Å²) in [7, 11) is 0. The van der Waals surface area contributed by atoms with Crippen molar-refractivity contribution >= 4 is 17.8 Å². The number of hydrogen-bond acceptors (Lipinski definition) is 3. The highest BCUT2D eigenvalue weighted by Crippen LogP contribution is 2.28. The average molecular weight is 218 g/mol. The lowest BCUT2D eigenvalue weighted by atomic mass is 10.0. The third kappa shape index (κ3) is 1.82. The molecule has 0 spiro atoms. The van der Waals surface area contributed by atoms with Gasteiger partial charge in [-0.15, -0.1) is 0 Å². The molecule has 0 saturated heterocycles.